The number of hydrogen-bond donors (Lipinski definition) is 5. The fraction of sp³-hybridized carbons (Fsp3) is 0.500. The van der Waals surface area contributed by atoms with Crippen LogP contribution in [0.3, 0.4) is 0 Å². The zero-order chi connectivity index (χ0) is 16.3. The zero-order valence-electron chi connectivity index (χ0n) is 11.3. The normalized spacial score (nSPS) is 21.6. The van der Waals surface area contributed by atoms with Crippen LogP contribution in [0.5, 0.6) is 0 Å². The van der Waals surface area contributed by atoms with Crippen molar-refractivity contribution in [2.75, 3.05) is 11.5 Å². The van der Waals surface area contributed by atoms with E-state index in [0.717, 1.165) is 24.2 Å². The molecule has 1 aliphatic heterocycles. The number of ether oxygens (including phenoxy) is 1. The molecular formula is C10H16N5O5PS. The van der Waals surface area contributed by atoms with Crippen LogP contribution in [-0.4, -0.2) is 46.1 Å². The number of nitrogens with zero attached hydrogens (tertiary/aromatic N) is 4. The second-order valence-corrected chi connectivity index (χ2v) is 5.96. The Kier molecular flexibility index (Phi) is 5.37. The first-order valence-corrected chi connectivity index (χ1v) is 8.47. The molecule has 0 unspecified atom stereocenters. The van der Waals surface area contributed by atoms with Gasteiger partial charge in [-0.3, -0.25) is 4.57 Å². The summed E-state index contributed by atoms with van der Waals surface area (Å²) in [6.45, 7) is 0. The van der Waals surface area contributed by atoms with Crippen LogP contribution < -0.4 is 5.73 Å². The lowest BCUT2D eigenvalue weighted by Gasteiger charge is -2.13. The van der Waals surface area contributed by atoms with Crippen molar-refractivity contribution in [3.05, 3.63) is 12.7 Å². The second-order valence-electron chi connectivity index (χ2n) is 4.57. The van der Waals surface area contributed by atoms with E-state index in [1.807, 2.05) is 4.57 Å². The molecule has 2 aromatic rings. The number of nitrogen functional groups attached to an aromatic ring is 1. The molecule has 0 saturated carbocycles. The molecule has 2 atom stereocenters. The first-order chi connectivity index (χ1) is 10.3. The number of fused-ring (bicyclic) bond motifs is 1. The Morgan fingerprint density at radius 1 is 1.36 bits per heavy atom. The van der Waals surface area contributed by atoms with Crippen LogP contribution in [0.4, 0.5) is 5.82 Å². The zero-order valence-corrected chi connectivity index (χ0v) is 13.1. The van der Waals surface area contributed by atoms with Gasteiger partial charge in [0.05, 0.1) is 12.4 Å². The lowest BCUT2D eigenvalue weighted by atomic mass is 10.2. The topological polar surface area (TPSA) is 157 Å². The molecule has 3 rings (SSSR count). The molecule has 0 amide bonds. The van der Waals surface area contributed by atoms with Crippen molar-refractivity contribution in [3.63, 3.8) is 0 Å². The molecule has 3 heterocycles. The highest BCUT2D eigenvalue weighted by Crippen LogP contribution is 2.31. The quantitative estimate of drug-likeness (QED) is 0.374. The van der Waals surface area contributed by atoms with Crippen LogP contribution >= 0.6 is 20.5 Å². The van der Waals surface area contributed by atoms with Crippen molar-refractivity contribution in [2.45, 2.75) is 25.2 Å². The summed E-state index contributed by atoms with van der Waals surface area (Å²) < 4.78 is 16.6. The van der Waals surface area contributed by atoms with E-state index < -0.39 is 7.82 Å². The van der Waals surface area contributed by atoms with Crippen LogP contribution in [-0.2, 0) is 9.30 Å². The highest BCUT2D eigenvalue weighted by molar-refractivity contribution is 7.80. The molecule has 0 aliphatic carbocycles. The van der Waals surface area contributed by atoms with Gasteiger partial charge in [-0.25, -0.2) is 19.5 Å². The summed E-state index contributed by atoms with van der Waals surface area (Å²) >= 11 is 4.25. The Morgan fingerprint density at radius 2 is 2.05 bits per heavy atom. The van der Waals surface area contributed by atoms with E-state index in [1.165, 1.54) is 6.33 Å². The van der Waals surface area contributed by atoms with E-state index in [-0.39, 0.29) is 12.3 Å². The fourth-order valence-electron chi connectivity index (χ4n) is 2.11. The number of thiol groups is 1. The van der Waals surface area contributed by atoms with Gasteiger partial charge in [0.1, 0.15) is 18.1 Å². The van der Waals surface area contributed by atoms with Gasteiger partial charge in [-0.15, -0.1) is 0 Å². The molecular weight excluding hydrogens is 333 g/mol. The first kappa shape index (κ1) is 17.1. The van der Waals surface area contributed by atoms with Crippen molar-refractivity contribution in [3.8, 4) is 0 Å². The number of nitrogens with two attached hydrogens (primary N) is 1. The number of hydrogen-bond acceptors (Lipinski definition) is 7. The average molecular weight is 349 g/mol. The minimum atomic E-state index is -4.64. The Bertz CT molecular complexity index is 683. The van der Waals surface area contributed by atoms with Gasteiger partial charge in [0.15, 0.2) is 11.5 Å². The summed E-state index contributed by atoms with van der Waals surface area (Å²) in [6.07, 6.45) is 5.29. The molecule has 0 radical (unpaired) electrons. The lowest BCUT2D eigenvalue weighted by molar-refractivity contribution is 0.0155. The van der Waals surface area contributed by atoms with Gasteiger partial charge >= 0.3 is 7.82 Å². The Morgan fingerprint density at radius 3 is 2.64 bits per heavy atom. The molecule has 1 fully saturated rings. The van der Waals surface area contributed by atoms with Gasteiger partial charge in [-0.2, -0.15) is 12.6 Å². The average Bonchev–Trinajstić information content (AvgIpc) is 3.02. The SMILES string of the molecule is Nc1ncnc2c1ncn2[C@H]1CC[C@@H](CS)O1.O=P(O)(O)O. The highest BCUT2D eigenvalue weighted by Gasteiger charge is 2.27. The van der Waals surface area contributed by atoms with Crippen LogP contribution in [0.25, 0.3) is 11.2 Å². The number of phosphoric acid groups is 1. The van der Waals surface area contributed by atoms with Gasteiger partial charge in [0, 0.05) is 5.75 Å². The Labute approximate surface area is 131 Å². The molecule has 0 bridgehead atoms. The smallest absolute Gasteiger partial charge is 0.382 e. The summed E-state index contributed by atoms with van der Waals surface area (Å²) in [4.78, 5) is 33.9. The first-order valence-electron chi connectivity index (χ1n) is 6.27. The molecule has 5 N–H and O–H groups in total. The minimum absolute atomic E-state index is 0.0218. The molecule has 1 aliphatic rings. The monoisotopic (exact) mass is 349 g/mol. The van der Waals surface area contributed by atoms with Gasteiger partial charge < -0.3 is 25.2 Å². The fourth-order valence-corrected chi connectivity index (χ4v) is 2.38. The van der Waals surface area contributed by atoms with Crippen molar-refractivity contribution in [2.24, 2.45) is 0 Å². The molecule has 12 heteroatoms. The lowest BCUT2D eigenvalue weighted by Crippen LogP contribution is -2.12. The summed E-state index contributed by atoms with van der Waals surface area (Å²) in [5.41, 5.74) is 7.10. The summed E-state index contributed by atoms with van der Waals surface area (Å²) in [7, 11) is -4.64. The summed E-state index contributed by atoms with van der Waals surface area (Å²) in [5.74, 6) is 1.14. The van der Waals surface area contributed by atoms with E-state index >= 15 is 0 Å². The number of rotatable bonds is 2. The third-order valence-corrected chi connectivity index (χ3v) is 3.39. The number of anilines is 1. The van der Waals surface area contributed by atoms with Crippen LogP contribution in [0.1, 0.15) is 19.1 Å². The molecule has 10 nitrogen and oxygen atoms in total. The van der Waals surface area contributed by atoms with Gasteiger partial charge in [-0.1, -0.05) is 0 Å². The largest absolute Gasteiger partial charge is 0.466 e. The van der Waals surface area contributed by atoms with E-state index in [9.17, 15) is 0 Å². The number of aromatic nitrogens is 4. The molecule has 0 aromatic carbocycles. The van der Waals surface area contributed by atoms with Crippen LogP contribution in [0.15, 0.2) is 12.7 Å². The standard InChI is InChI=1S/C10H13N5OS.H3O4P/c11-9-8-10(13-4-12-9)15(5-14-8)7-2-1-6(3-17)16-7;1-5(2,3)4/h4-7,17H,1-3H2,(H2,11,12,13);(H3,1,2,3,4)/t6-,7+;/m0./s1. The van der Waals surface area contributed by atoms with Crippen molar-refractivity contribution in [1.29, 1.82) is 0 Å². The van der Waals surface area contributed by atoms with Crippen molar-refractivity contribution < 1.29 is 24.0 Å². The van der Waals surface area contributed by atoms with Gasteiger partial charge in [0.2, 0.25) is 0 Å². The maximum atomic E-state index is 8.88. The molecule has 122 valence electrons. The highest BCUT2D eigenvalue weighted by atomic mass is 32.1. The van der Waals surface area contributed by atoms with Crippen molar-refractivity contribution in [1.82, 2.24) is 19.5 Å². The Balaban J connectivity index is 0.000000309. The predicted molar refractivity (Wildman–Crippen MR) is 81.0 cm³/mol. The van der Waals surface area contributed by atoms with Gasteiger partial charge in [-0.05, 0) is 12.8 Å². The summed E-state index contributed by atoms with van der Waals surface area (Å²) in [6, 6.07) is 0. The molecule has 2 aromatic heterocycles. The van der Waals surface area contributed by atoms with E-state index in [2.05, 4.69) is 27.6 Å². The van der Waals surface area contributed by atoms with Gasteiger partial charge in [0.25, 0.3) is 0 Å². The summed E-state index contributed by atoms with van der Waals surface area (Å²) in [5, 5.41) is 0. The maximum absolute atomic E-state index is 8.88. The third-order valence-electron chi connectivity index (χ3n) is 2.99. The van der Waals surface area contributed by atoms with E-state index in [1.54, 1.807) is 6.33 Å². The maximum Gasteiger partial charge on any atom is 0.466 e. The van der Waals surface area contributed by atoms with Crippen LogP contribution in [0, 0.1) is 0 Å². The minimum Gasteiger partial charge on any atom is -0.382 e. The van der Waals surface area contributed by atoms with E-state index in [0.29, 0.717) is 11.3 Å². The van der Waals surface area contributed by atoms with Crippen molar-refractivity contribution >= 4 is 37.4 Å². The molecule has 0 spiro atoms. The molecule has 1 saturated heterocycles. The molecule has 22 heavy (non-hydrogen) atoms. The third kappa shape index (κ3) is 4.38. The number of imidazole rings is 1. The van der Waals surface area contributed by atoms with Crippen LogP contribution in [0.2, 0.25) is 0 Å². The second kappa shape index (κ2) is 6.90. The van der Waals surface area contributed by atoms with E-state index in [4.69, 9.17) is 29.7 Å². The Hall–Kier alpha value is -1.23. The predicted octanol–water partition coefficient (Wildman–Crippen LogP) is 0.0873.